The highest BCUT2D eigenvalue weighted by Crippen LogP contribution is 2.68. The van der Waals surface area contributed by atoms with Crippen LogP contribution in [0.15, 0.2) is 0 Å². The molecule has 0 aromatic heterocycles. The Bertz CT molecular complexity index is 1980. The highest BCUT2D eigenvalue weighted by atomic mass is 16.7. The summed E-state index contributed by atoms with van der Waals surface area (Å²) in [7, 11) is 0. The van der Waals surface area contributed by atoms with Crippen molar-refractivity contribution < 1.29 is 57.1 Å². The topological polar surface area (TPSA) is 142 Å². The van der Waals surface area contributed by atoms with Crippen LogP contribution >= 0.6 is 0 Å². The minimum absolute atomic E-state index is 0. The molecule has 12 bridgehead atoms. The molecule has 0 N–H and O–H groups in total. The molecule has 0 heterocycles. The van der Waals surface area contributed by atoms with Gasteiger partial charge in [0.25, 0.3) is 0 Å². The standard InChI is InChI=1S/C19H30O3.C18H30O3.C15H26O3.C14H24O3.8CH4/c1-4-19(2,3)18(20)22-10-21-15-9-13-8-14(15)17-12-6-5-11(7-12)16(13)17;1-5-18(3,4)17(19)21-11(2)20-16-14-7-12-6-13(9-14)10-15(16)8-12;1-5-15(3,4)14(16)18-10(2)17-13-9-11-6-7-12(13)8-11;1-4-14(2,3)13(15)17-9-16-12-8-10-5-6-11(12)7-10;;;;;;;;/h11-17H,4-10H2,1-3H3;11-16H,5-10H2,1-4H3;10-13H,5-9H2,1-4H3;10-12H,4-9H2,1-3H3;8*1H4. The Balaban J connectivity index is 0.00000109. The molecule has 12 saturated carbocycles. The summed E-state index contributed by atoms with van der Waals surface area (Å²) in [6.45, 7) is 27.5. The summed E-state index contributed by atoms with van der Waals surface area (Å²) in [4.78, 5) is 47.8. The Kier molecular flexibility index (Phi) is 34.0. The van der Waals surface area contributed by atoms with Crippen molar-refractivity contribution in [3.8, 4) is 0 Å². The lowest BCUT2D eigenvalue weighted by atomic mass is 9.55. The summed E-state index contributed by atoms with van der Waals surface area (Å²) in [6, 6.07) is 0. The van der Waals surface area contributed by atoms with Gasteiger partial charge < -0.3 is 37.9 Å². The van der Waals surface area contributed by atoms with Gasteiger partial charge in [0.2, 0.25) is 0 Å². The van der Waals surface area contributed by atoms with Crippen molar-refractivity contribution in [2.45, 2.75) is 335 Å². The summed E-state index contributed by atoms with van der Waals surface area (Å²) in [6.07, 6.45) is 27.8. The third-order valence-electron chi connectivity index (χ3n) is 23.1. The van der Waals surface area contributed by atoms with Gasteiger partial charge in [0.15, 0.2) is 26.2 Å². The first-order valence-electron chi connectivity index (χ1n) is 32.2. The number of carbonyl (C=O) groups excluding carboxylic acids is 4. The average Bonchev–Trinajstić information content (AvgIpc) is 1.55. The summed E-state index contributed by atoms with van der Waals surface area (Å²) >= 11 is 0. The lowest BCUT2D eigenvalue weighted by molar-refractivity contribution is -0.224. The van der Waals surface area contributed by atoms with Gasteiger partial charge in [-0.05, 0) is 293 Å². The van der Waals surface area contributed by atoms with Gasteiger partial charge in [-0.1, -0.05) is 87.1 Å². The van der Waals surface area contributed by atoms with Crippen LogP contribution in [-0.2, 0) is 57.1 Å². The molecule has 12 aliphatic rings. The van der Waals surface area contributed by atoms with Gasteiger partial charge in [0.1, 0.15) is 0 Å². The quantitative estimate of drug-likeness (QED) is 0.0496. The van der Waals surface area contributed by atoms with Crippen LogP contribution < -0.4 is 0 Å². The molecule has 0 aromatic carbocycles. The molecule has 12 aliphatic carbocycles. The predicted octanol–water partition coefficient (Wildman–Crippen LogP) is 19.9. The summed E-state index contributed by atoms with van der Waals surface area (Å²) in [5.74, 6) is 11.5. The van der Waals surface area contributed by atoms with E-state index in [0.717, 1.165) is 97.2 Å². The molecule has 12 rings (SSSR count). The molecule has 0 spiro atoms. The maximum atomic E-state index is 12.2. The number of ether oxygens (including phenoxy) is 8. The smallest absolute Gasteiger partial charge is 0.313 e. The molecule has 86 heavy (non-hydrogen) atoms. The minimum atomic E-state index is -0.415. The van der Waals surface area contributed by atoms with Crippen LogP contribution in [0.2, 0.25) is 0 Å². The van der Waals surface area contributed by atoms with Crippen LogP contribution in [0.3, 0.4) is 0 Å². The fourth-order valence-corrected chi connectivity index (χ4v) is 17.0. The fourth-order valence-electron chi connectivity index (χ4n) is 17.0. The molecular weight excluding hydrogens is 1080 g/mol. The van der Waals surface area contributed by atoms with Crippen molar-refractivity contribution in [2.24, 2.45) is 105 Å². The minimum Gasteiger partial charge on any atom is -0.438 e. The Morgan fingerprint density at radius 1 is 0.360 bits per heavy atom. The number of rotatable bonds is 20. The van der Waals surface area contributed by atoms with Crippen molar-refractivity contribution in [1.82, 2.24) is 0 Å². The van der Waals surface area contributed by atoms with Crippen molar-refractivity contribution in [3.05, 3.63) is 0 Å². The molecule has 15 atom stereocenters. The third-order valence-corrected chi connectivity index (χ3v) is 23.1. The van der Waals surface area contributed by atoms with E-state index < -0.39 is 34.2 Å². The Hall–Kier alpha value is -2.28. The molecule has 0 amide bonds. The van der Waals surface area contributed by atoms with E-state index in [9.17, 15) is 19.2 Å². The van der Waals surface area contributed by atoms with Crippen LogP contribution in [0.5, 0.6) is 0 Å². The predicted molar refractivity (Wildman–Crippen MR) is 355 cm³/mol. The Labute approximate surface area is 531 Å². The number of carbonyl (C=O) groups is 4. The monoisotopic (exact) mass is 1220 g/mol. The zero-order valence-electron chi connectivity index (χ0n) is 51.4. The zero-order chi connectivity index (χ0) is 56.5. The van der Waals surface area contributed by atoms with Gasteiger partial charge in [-0.2, -0.15) is 0 Å². The molecule has 12 nitrogen and oxygen atoms in total. The third kappa shape index (κ3) is 19.6. The van der Waals surface area contributed by atoms with E-state index in [1.54, 1.807) is 0 Å². The highest BCUT2D eigenvalue weighted by Gasteiger charge is 2.62. The molecule has 0 radical (unpaired) electrons. The summed E-state index contributed by atoms with van der Waals surface area (Å²) in [5.41, 5.74) is -1.61. The first-order chi connectivity index (χ1) is 36.8. The highest BCUT2D eigenvalue weighted by molar-refractivity contribution is 5.77. The first-order valence-corrected chi connectivity index (χ1v) is 32.2. The Morgan fingerprint density at radius 3 is 1.14 bits per heavy atom. The number of fused-ring (bicyclic) bond motifs is 13. The van der Waals surface area contributed by atoms with Crippen LogP contribution in [0.25, 0.3) is 0 Å². The molecule has 15 unspecified atom stereocenters. The van der Waals surface area contributed by atoms with Crippen LogP contribution in [0.4, 0.5) is 0 Å². The molecule has 510 valence electrons. The second kappa shape index (κ2) is 35.0. The van der Waals surface area contributed by atoms with Crippen LogP contribution in [-0.4, -0.2) is 74.5 Å². The van der Waals surface area contributed by atoms with Gasteiger partial charge in [-0.25, -0.2) is 0 Å². The SMILES string of the molecule is C.C.C.C.C.C.C.C.CCC(C)(C)C(=O)OC(C)OC1C2CC3CC(C2)CC1C3.CCC(C)(C)C(=O)OC(C)OC1CC2CCC1C2.CCC(C)(C)C(=O)OCOC1CC2CC1C1C3CCC(C3)C21.CCC(C)(C)C(=O)OCOC1CC2CCC1C2. The molecule has 12 heteroatoms. The van der Waals surface area contributed by atoms with Gasteiger partial charge >= 0.3 is 23.9 Å². The van der Waals surface area contributed by atoms with Gasteiger partial charge in [-0.15, -0.1) is 0 Å². The second-order valence-corrected chi connectivity index (χ2v) is 29.8. The van der Waals surface area contributed by atoms with Crippen molar-refractivity contribution in [2.75, 3.05) is 13.6 Å². The zero-order valence-corrected chi connectivity index (χ0v) is 51.4. The Morgan fingerprint density at radius 2 is 0.733 bits per heavy atom. The molecule has 0 aromatic rings. The number of hydrogen-bond donors (Lipinski definition) is 0. The van der Waals surface area contributed by atoms with E-state index >= 15 is 0 Å². The second-order valence-electron chi connectivity index (χ2n) is 29.8. The fraction of sp³-hybridized carbons (Fsp3) is 0.946. The van der Waals surface area contributed by atoms with E-state index in [4.69, 9.17) is 37.9 Å². The van der Waals surface area contributed by atoms with E-state index in [1.807, 2.05) is 96.9 Å². The van der Waals surface area contributed by atoms with Crippen LogP contribution in [0.1, 0.15) is 298 Å². The average molecular weight is 1220 g/mol. The van der Waals surface area contributed by atoms with E-state index in [0.29, 0.717) is 42.2 Å². The molecule has 12 fully saturated rings. The molecule has 0 saturated heterocycles. The summed E-state index contributed by atoms with van der Waals surface area (Å²) in [5, 5.41) is 0. The van der Waals surface area contributed by atoms with E-state index in [1.165, 1.54) is 109 Å². The molecular formula is C74H142O12. The van der Waals surface area contributed by atoms with Crippen LogP contribution in [0, 0.1) is 105 Å². The van der Waals surface area contributed by atoms with Crippen molar-refractivity contribution >= 4 is 23.9 Å². The number of hydrogen-bond acceptors (Lipinski definition) is 12. The van der Waals surface area contributed by atoms with Crippen molar-refractivity contribution in [3.63, 3.8) is 0 Å². The van der Waals surface area contributed by atoms with Gasteiger partial charge in [0, 0.05) is 0 Å². The van der Waals surface area contributed by atoms with Gasteiger partial charge in [-0.3, -0.25) is 19.2 Å². The largest absolute Gasteiger partial charge is 0.438 e. The first kappa shape index (κ1) is 83.7. The maximum Gasteiger partial charge on any atom is 0.313 e. The maximum absolute atomic E-state index is 12.2. The van der Waals surface area contributed by atoms with Crippen molar-refractivity contribution in [1.29, 1.82) is 0 Å². The lowest BCUT2D eigenvalue weighted by Gasteiger charge is -2.54. The normalized spacial score (nSPS) is 34.3. The summed E-state index contributed by atoms with van der Waals surface area (Å²) < 4.78 is 45.4. The van der Waals surface area contributed by atoms with E-state index in [-0.39, 0.29) is 96.9 Å². The molecule has 0 aliphatic heterocycles. The number of esters is 4. The lowest BCUT2D eigenvalue weighted by Crippen LogP contribution is -2.50. The van der Waals surface area contributed by atoms with E-state index in [2.05, 4.69) is 0 Å². The van der Waals surface area contributed by atoms with Gasteiger partial charge in [0.05, 0.1) is 46.1 Å².